The van der Waals surface area contributed by atoms with Gasteiger partial charge in [-0.15, -0.1) is 11.3 Å². The molecule has 0 fully saturated rings. The summed E-state index contributed by atoms with van der Waals surface area (Å²) >= 11 is 4.92. The zero-order valence-corrected chi connectivity index (χ0v) is 10.1. The molecule has 1 heterocycles. The van der Waals surface area contributed by atoms with E-state index in [1.807, 2.05) is 11.4 Å². The van der Waals surface area contributed by atoms with Crippen molar-refractivity contribution >= 4 is 33.0 Å². The van der Waals surface area contributed by atoms with Gasteiger partial charge in [0, 0.05) is 17.4 Å². The van der Waals surface area contributed by atoms with Gasteiger partial charge in [-0.2, -0.15) is 0 Å². The summed E-state index contributed by atoms with van der Waals surface area (Å²) in [6, 6.07) is 1.90. The maximum absolute atomic E-state index is 11.5. The van der Waals surface area contributed by atoms with Crippen molar-refractivity contribution < 1.29 is 4.79 Å². The first kappa shape index (κ1) is 10.9. The summed E-state index contributed by atoms with van der Waals surface area (Å²) in [6.07, 6.45) is 4.03. The second-order valence-electron chi connectivity index (χ2n) is 3.02. The molecule has 1 aromatic heterocycles. The van der Waals surface area contributed by atoms with Crippen LogP contribution in [0.3, 0.4) is 0 Å². The fourth-order valence-corrected chi connectivity index (χ4v) is 2.30. The molecule has 1 aromatic rings. The number of Topliss-reactive ketones (excluding diaryl/α,β-unsaturated/α-hetero) is 1. The Hall–Kier alpha value is -0.150. The van der Waals surface area contributed by atoms with Crippen LogP contribution >= 0.6 is 27.3 Å². The fourth-order valence-electron chi connectivity index (χ4n) is 1.14. The minimum Gasteiger partial charge on any atom is -0.294 e. The van der Waals surface area contributed by atoms with Crippen molar-refractivity contribution in [1.82, 2.24) is 0 Å². The lowest BCUT2D eigenvalue weighted by Crippen LogP contribution is -1.96. The summed E-state index contributed by atoms with van der Waals surface area (Å²) in [5.74, 6) is 0.274. The molecule has 0 radical (unpaired) electrons. The summed E-state index contributed by atoms with van der Waals surface area (Å²) < 4.78 is 1.03. The molecule has 0 spiro atoms. The van der Waals surface area contributed by atoms with E-state index in [9.17, 15) is 4.79 Å². The molecule has 0 saturated carbocycles. The summed E-state index contributed by atoms with van der Waals surface area (Å²) in [7, 11) is 0. The third kappa shape index (κ3) is 3.61. The highest BCUT2D eigenvalue weighted by Crippen LogP contribution is 2.22. The predicted octanol–water partition coefficient (Wildman–Crippen LogP) is 4.27. The van der Waals surface area contributed by atoms with Gasteiger partial charge in [0.1, 0.15) is 0 Å². The molecule has 0 aliphatic carbocycles. The van der Waals surface area contributed by atoms with Crippen molar-refractivity contribution in [1.29, 1.82) is 0 Å². The zero-order chi connectivity index (χ0) is 9.68. The standard InChI is InChI=1S/C10H13BrOS/c1-2-3-4-5-9(12)8-6-10(11)13-7-8/h6-7H,2-5H2,1H3. The smallest absolute Gasteiger partial charge is 0.163 e. The summed E-state index contributed by atoms with van der Waals surface area (Å²) in [4.78, 5) is 11.5. The predicted molar refractivity (Wildman–Crippen MR) is 60.5 cm³/mol. The average molecular weight is 261 g/mol. The van der Waals surface area contributed by atoms with E-state index in [4.69, 9.17) is 0 Å². The van der Waals surface area contributed by atoms with E-state index in [0.717, 1.165) is 22.2 Å². The molecular weight excluding hydrogens is 248 g/mol. The van der Waals surface area contributed by atoms with Crippen LogP contribution in [0.15, 0.2) is 15.2 Å². The van der Waals surface area contributed by atoms with Gasteiger partial charge in [0.2, 0.25) is 0 Å². The number of hydrogen-bond acceptors (Lipinski definition) is 2. The molecule has 0 aliphatic rings. The Morgan fingerprint density at radius 1 is 1.54 bits per heavy atom. The lowest BCUT2D eigenvalue weighted by molar-refractivity contribution is 0.0979. The number of thiophene rings is 1. The number of hydrogen-bond donors (Lipinski definition) is 0. The highest BCUT2D eigenvalue weighted by atomic mass is 79.9. The largest absolute Gasteiger partial charge is 0.294 e. The molecule has 0 atom stereocenters. The van der Waals surface area contributed by atoms with Crippen molar-refractivity contribution in [3.05, 3.63) is 20.8 Å². The van der Waals surface area contributed by atoms with Crippen LogP contribution in [0.1, 0.15) is 43.0 Å². The summed E-state index contributed by atoms with van der Waals surface area (Å²) in [6.45, 7) is 2.14. The number of halogens is 1. The monoisotopic (exact) mass is 260 g/mol. The number of carbonyl (C=O) groups excluding carboxylic acids is 1. The highest BCUT2D eigenvalue weighted by Gasteiger charge is 2.06. The van der Waals surface area contributed by atoms with Crippen LogP contribution in [0.4, 0.5) is 0 Å². The van der Waals surface area contributed by atoms with E-state index in [2.05, 4.69) is 22.9 Å². The quantitative estimate of drug-likeness (QED) is 0.571. The Morgan fingerprint density at radius 3 is 2.85 bits per heavy atom. The van der Waals surface area contributed by atoms with Gasteiger partial charge in [-0.3, -0.25) is 4.79 Å². The van der Waals surface area contributed by atoms with Crippen LogP contribution in [-0.2, 0) is 0 Å². The van der Waals surface area contributed by atoms with Crippen molar-refractivity contribution in [2.24, 2.45) is 0 Å². The molecule has 0 aliphatic heterocycles. The van der Waals surface area contributed by atoms with Gasteiger partial charge in [0.25, 0.3) is 0 Å². The van der Waals surface area contributed by atoms with Crippen LogP contribution in [0.25, 0.3) is 0 Å². The van der Waals surface area contributed by atoms with E-state index in [1.165, 1.54) is 6.42 Å². The van der Waals surface area contributed by atoms with E-state index in [0.29, 0.717) is 6.42 Å². The number of unbranched alkanes of at least 4 members (excludes halogenated alkanes) is 2. The molecule has 3 heteroatoms. The van der Waals surface area contributed by atoms with Crippen LogP contribution in [0.2, 0.25) is 0 Å². The van der Waals surface area contributed by atoms with Gasteiger partial charge in [-0.1, -0.05) is 19.8 Å². The number of rotatable bonds is 5. The average Bonchev–Trinajstić information content (AvgIpc) is 2.52. The zero-order valence-electron chi connectivity index (χ0n) is 7.68. The van der Waals surface area contributed by atoms with Crippen molar-refractivity contribution in [2.75, 3.05) is 0 Å². The molecule has 72 valence electrons. The Morgan fingerprint density at radius 2 is 2.31 bits per heavy atom. The molecule has 0 N–H and O–H groups in total. The first-order chi connectivity index (χ1) is 6.24. The Balaban J connectivity index is 2.40. The molecule has 13 heavy (non-hydrogen) atoms. The minimum absolute atomic E-state index is 0.274. The van der Waals surface area contributed by atoms with Gasteiger partial charge in [-0.25, -0.2) is 0 Å². The molecule has 1 nitrogen and oxygen atoms in total. The highest BCUT2D eigenvalue weighted by molar-refractivity contribution is 9.11. The van der Waals surface area contributed by atoms with Gasteiger partial charge >= 0.3 is 0 Å². The minimum atomic E-state index is 0.274. The van der Waals surface area contributed by atoms with Crippen molar-refractivity contribution in [2.45, 2.75) is 32.6 Å². The SMILES string of the molecule is CCCCCC(=O)c1csc(Br)c1. The summed E-state index contributed by atoms with van der Waals surface area (Å²) in [5, 5.41) is 1.92. The van der Waals surface area contributed by atoms with Crippen molar-refractivity contribution in [3.8, 4) is 0 Å². The van der Waals surface area contributed by atoms with E-state index < -0.39 is 0 Å². The van der Waals surface area contributed by atoms with Gasteiger partial charge in [-0.05, 0) is 28.4 Å². The number of ketones is 1. The first-order valence-electron chi connectivity index (χ1n) is 4.51. The van der Waals surface area contributed by atoms with Crippen LogP contribution < -0.4 is 0 Å². The second kappa shape index (κ2) is 5.55. The Bertz CT molecular complexity index is 280. The topological polar surface area (TPSA) is 17.1 Å². The van der Waals surface area contributed by atoms with E-state index >= 15 is 0 Å². The molecular formula is C10H13BrOS. The van der Waals surface area contributed by atoms with Crippen LogP contribution in [-0.4, -0.2) is 5.78 Å². The van der Waals surface area contributed by atoms with Crippen LogP contribution in [0, 0.1) is 0 Å². The maximum atomic E-state index is 11.5. The Kier molecular flexibility index (Phi) is 4.67. The second-order valence-corrected chi connectivity index (χ2v) is 5.31. The third-order valence-electron chi connectivity index (χ3n) is 1.90. The van der Waals surface area contributed by atoms with Gasteiger partial charge in [0.05, 0.1) is 3.79 Å². The lowest BCUT2D eigenvalue weighted by Gasteiger charge is -1.96. The third-order valence-corrected chi connectivity index (χ3v) is 3.40. The molecule has 0 bridgehead atoms. The first-order valence-corrected chi connectivity index (χ1v) is 6.18. The van der Waals surface area contributed by atoms with Gasteiger partial charge < -0.3 is 0 Å². The molecule has 0 aromatic carbocycles. The number of carbonyl (C=O) groups is 1. The maximum Gasteiger partial charge on any atom is 0.163 e. The normalized spacial score (nSPS) is 10.3. The lowest BCUT2D eigenvalue weighted by atomic mass is 10.1. The van der Waals surface area contributed by atoms with E-state index in [1.54, 1.807) is 11.3 Å². The molecule has 0 saturated heterocycles. The summed E-state index contributed by atoms with van der Waals surface area (Å²) in [5.41, 5.74) is 0.855. The van der Waals surface area contributed by atoms with E-state index in [-0.39, 0.29) is 5.78 Å². The Labute approximate surface area is 91.3 Å². The van der Waals surface area contributed by atoms with Crippen LogP contribution in [0.5, 0.6) is 0 Å². The fraction of sp³-hybridized carbons (Fsp3) is 0.500. The molecule has 1 rings (SSSR count). The van der Waals surface area contributed by atoms with Gasteiger partial charge in [0.15, 0.2) is 5.78 Å². The molecule has 0 unspecified atom stereocenters. The molecule has 0 amide bonds. The van der Waals surface area contributed by atoms with Crippen molar-refractivity contribution in [3.63, 3.8) is 0 Å².